The van der Waals surface area contributed by atoms with Crippen molar-refractivity contribution in [3.63, 3.8) is 0 Å². The van der Waals surface area contributed by atoms with Gasteiger partial charge in [-0.1, -0.05) is 94.1 Å². The molecule has 0 aliphatic carbocycles. The molecule has 2 amide bonds. The van der Waals surface area contributed by atoms with Crippen molar-refractivity contribution in [2.75, 3.05) is 4.90 Å². The number of rotatable bonds is 3. The van der Waals surface area contributed by atoms with Crippen LogP contribution in [0, 0.1) is 17.3 Å². The summed E-state index contributed by atoms with van der Waals surface area (Å²) >= 11 is 0. The molecule has 1 heterocycles. The highest BCUT2D eigenvalue weighted by Crippen LogP contribution is 2.46. The minimum atomic E-state index is -0.256. The van der Waals surface area contributed by atoms with Crippen molar-refractivity contribution < 1.29 is 9.59 Å². The number of nitrogens with zero attached hydrogens (tertiary/aromatic N) is 1. The van der Waals surface area contributed by atoms with E-state index in [0.717, 1.165) is 60.1 Å². The third-order valence-corrected chi connectivity index (χ3v) is 8.79. The molecule has 0 atom stereocenters. The Morgan fingerprint density at radius 1 is 0.581 bits per heavy atom. The molecule has 3 nitrogen and oxygen atoms in total. The molecule has 3 heteroatoms. The van der Waals surface area contributed by atoms with Gasteiger partial charge in [-0.3, -0.25) is 9.59 Å². The third kappa shape index (κ3) is 3.97. The highest BCUT2D eigenvalue weighted by atomic mass is 16.2. The second kappa shape index (κ2) is 9.41. The van der Waals surface area contributed by atoms with Gasteiger partial charge in [0.05, 0.1) is 5.69 Å². The van der Waals surface area contributed by atoms with E-state index in [0.29, 0.717) is 11.1 Å². The van der Waals surface area contributed by atoms with Gasteiger partial charge in [0.25, 0.3) is 11.8 Å². The van der Waals surface area contributed by atoms with Crippen LogP contribution >= 0.6 is 0 Å². The first kappa shape index (κ1) is 27.2. The van der Waals surface area contributed by atoms with Gasteiger partial charge in [-0.25, -0.2) is 4.90 Å². The molecular formula is C40H35NO2. The number of carbonyl (C=O) groups excluding carboxylic acids is 2. The molecule has 0 saturated carbocycles. The predicted octanol–water partition coefficient (Wildman–Crippen LogP) is 10.2. The van der Waals surface area contributed by atoms with Crippen molar-refractivity contribution in [1.82, 2.24) is 0 Å². The maximum Gasteiger partial charge on any atom is 0.266 e. The van der Waals surface area contributed by atoms with Crippen LogP contribution in [0.25, 0.3) is 43.1 Å². The second-order valence-corrected chi connectivity index (χ2v) is 13.5. The molecular weight excluding hydrogens is 526 g/mol. The van der Waals surface area contributed by atoms with E-state index >= 15 is 0 Å². The van der Waals surface area contributed by atoms with E-state index in [4.69, 9.17) is 0 Å². The molecule has 6 aromatic carbocycles. The first-order valence-corrected chi connectivity index (χ1v) is 15.2. The SMILES string of the molecule is CC(C)c1cccc(C(C)C)c1N1C(=O)c2ccc3c4cccc5c(C#CC(C)(C)C)ccc(c6ccc(c2c36)C1=O)c54. The lowest BCUT2D eigenvalue weighted by Crippen LogP contribution is -2.41. The minimum Gasteiger partial charge on any atom is -0.268 e. The van der Waals surface area contributed by atoms with E-state index in [1.165, 1.54) is 10.3 Å². The van der Waals surface area contributed by atoms with Gasteiger partial charge in [-0.2, -0.15) is 0 Å². The number of carbonyl (C=O) groups is 2. The number of hydrogen-bond donors (Lipinski definition) is 0. The summed E-state index contributed by atoms with van der Waals surface area (Å²) in [6.07, 6.45) is 0. The van der Waals surface area contributed by atoms with E-state index in [1.54, 1.807) is 0 Å². The molecule has 0 N–H and O–H groups in total. The first-order chi connectivity index (χ1) is 20.5. The third-order valence-electron chi connectivity index (χ3n) is 8.79. The number of para-hydroxylation sites is 1. The molecule has 0 unspecified atom stereocenters. The minimum absolute atomic E-state index is 0.100. The average molecular weight is 562 g/mol. The van der Waals surface area contributed by atoms with Crippen LogP contribution in [0.5, 0.6) is 0 Å². The van der Waals surface area contributed by atoms with Crippen molar-refractivity contribution >= 4 is 60.6 Å². The van der Waals surface area contributed by atoms with Gasteiger partial charge in [-0.15, -0.1) is 0 Å². The highest BCUT2D eigenvalue weighted by molar-refractivity contribution is 6.42. The van der Waals surface area contributed by atoms with Crippen LogP contribution < -0.4 is 4.90 Å². The monoisotopic (exact) mass is 561 g/mol. The molecule has 0 saturated heterocycles. The predicted molar refractivity (Wildman–Crippen MR) is 180 cm³/mol. The fraction of sp³-hybridized carbons (Fsp3) is 0.250. The lowest BCUT2D eigenvalue weighted by atomic mass is 9.83. The van der Waals surface area contributed by atoms with Gasteiger partial charge >= 0.3 is 0 Å². The number of fused-ring (bicyclic) bond motifs is 2. The zero-order valence-corrected chi connectivity index (χ0v) is 25.8. The Hall–Kier alpha value is -4.68. The largest absolute Gasteiger partial charge is 0.268 e. The van der Waals surface area contributed by atoms with Crippen LogP contribution in [0.3, 0.4) is 0 Å². The van der Waals surface area contributed by atoms with Crippen LogP contribution in [0.15, 0.2) is 72.8 Å². The Morgan fingerprint density at radius 2 is 1.07 bits per heavy atom. The molecule has 0 bridgehead atoms. The van der Waals surface area contributed by atoms with Crippen molar-refractivity contribution in [3.8, 4) is 11.8 Å². The molecule has 0 spiro atoms. The normalized spacial score (nSPS) is 13.7. The van der Waals surface area contributed by atoms with Crippen molar-refractivity contribution in [2.24, 2.45) is 5.41 Å². The van der Waals surface area contributed by atoms with Crippen molar-refractivity contribution in [1.29, 1.82) is 0 Å². The van der Waals surface area contributed by atoms with E-state index in [1.807, 2.05) is 30.3 Å². The lowest BCUT2D eigenvalue weighted by Gasteiger charge is -2.32. The number of hydrogen-bond acceptors (Lipinski definition) is 2. The summed E-state index contributed by atoms with van der Waals surface area (Å²) in [7, 11) is 0. The van der Waals surface area contributed by atoms with Crippen LogP contribution in [0.4, 0.5) is 5.69 Å². The molecule has 1 aliphatic heterocycles. The molecule has 0 aromatic heterocycles. The lowest BCUT2D eigenvalue weighted by molar-refractivity contribution is 0.0893. The van der Waals surface area contributed by atoms with E-state index in [9.17, 15) is 9.59 Å². The van der Waals surface area contributed by atoms with Gasteiger partial charge in [0.15, 0.2) is 0 Å². The number of anilines is 1. The summed E-state index contributed by atoms with van der Waals surface area (Å²) in [5.74, 6) is 6.62. The fourth-order valence-corrected chi connectivity index (χ4v) is 6.83. The zero-order valence-electron chi connectivity index (χ0n) is 25.8. The number of amides is 2. The summed E-state index contributed by atoms with van der Waals surface area (Å²) in [6, 6.07) is 24.7. The Labute approximate surface area is 252 Å². The summed E-state index contributed by atoms with van der Waals surface area (Å²) in [6.45, 7) is 14.8. The van der Waals surface area contributed by atoms with Crippen LogP contribution in [0.2, 0.25) is 0 Å². The van der Waals surface area contributed by atoms with Crippen molar-refractivity contribution in [2.45, 2.75) is 60.3 Å². The summed E-state index contributed by atoms with van der Waals surface area (Å²) < 4.78 is 0. The quantitative estimate of drug-likeness (QED) is 0.0933. The standard InChI is InChI=1S/C40H35NO2/c1-22(2)25-10-8-11-26(23(3)4)37(25)41-38(42)32-18-16-30-28-13-9-12-27-24(20-21-40(5,6)7)14-15-29(34(27)28)31-17-19-33(39(41)43)36(32)35(30)31/h8-19,22-23H,1-7H3. The van der Waals surface area contributed by atoms with Gasteiger partial charge in [0, 0.05) is 27.5 Å². The van der Waals surface area contributed by atoms with Crippen molar-refractivity contribution in [3.05, 3.63) is 101 Å². The number of benzene rings is 6. The summed E-state index contributed by atoms with van der Waals surface area (Å²) in [5.41, 5.74) is 4.81. The second-order valence-electron chi connectivity index (χ2n) is 13.5. The molecule has 1 aliphatic rings. The van der Waals surface area contributed by atoms with Crippen LogP contribution in [-0.2, 0) is 0 Å². The fourth-order valence-electron chi connectivity index (χ4n) is 6.83. The van der Waals surface area contributed by atoms with Crippen LogP contribution in [0.1, 0.15) is 97.7 Å². The summed E-state index contributed by atoms with van der Waals surface area (Å²) in [4.78, 5) is 30.3. The Bertz CT molecular complexity index is 2120. The van der Waals surface area contributed by atoms with E-state index in [2.05, 4.69) is 103 Å². The Morgan fingerprint density at radius 3 is 1.63 bits per heavy atom. The smallest absolute Gasteiger partial charge is 0.266 e. The summed E-state index contributed by atoms with van der Waals surface area (Å²) in [5, 5.41) is 8.34. The van der Waals surface area contributed by atoms with E-state index < -0.39 is 0 Å². The van der Waals surface area contributed by atoms with Crippen LogP contribution in [-0.4, -0.2) is 11.8 Å². The van der Waals surface area contributed by atoms with Gasteiger partial charge in [0.1, 0.15) is 0 Å². The molecule has 0 radical (unpaired) electrons. The first-order valence-electron chi connectivity index (χ1n) is 15.2. The zero-order chi connectivity index (χ0) is 30.4. The molecule has 7 rings (SSSR count). The van der Waals surface area contributed by atoms with Gasteiger partial charge in [0.2, 0.25) is 0 Å². The maximum atomic E-state index is 14.4. The Kier molecular flexibility index (Phi) is 5.95. The van der Waals surface area contributed by atoms with Gasteiger partial charge < -0.3 is 0 Å². The van der Waals surface area contributed by atoms with E-state index in [-0.39, 0.29) is 29.1 Å². The molecule has 43 heavy (non-hydrogen) atoms. The Balaban J connectivity index is 1.53. The maximum absolute atomic E-state index is 14.4. The number of imide groups is 1. The average Bonchev–Trinajstić information content (AvgIpc) is 2.97. The molecule has 212 valence electrons. The van der Waals surface area contributed by atoms with Gasteiger partial charge in [-0.05, 0) is 99.6 Å². The molecule has 0 fully saturated rings. The topological polar surface area (TPSA) is 37.4 Å². The highest BCUT2D eigenvalue weighted by Gasteiger charge is 2.38. The molecule has 6 aromatic rings.